The van der Waals surface area contributed by atoms with Crippen molar-refractivity contribution in [1.29, 1.82) is 21.0 Å². The van der Waals surface area contributed by atoms with Crippen LogP contribution in [0.5, 0.6) is 23.0 Å². The fraction of sp³-hybridized carbons (Fsp3) is 0.0400. The first-order valence-corrected chi connectivity index (χ1v) is 9.73. The van der Waals surface area contributed by atoms with Crippen LogP contribution in [0.4, 0.5) is 26.3 Å². The van der Waals surface area contributed by atoms with E-state index in [-0.39, 0.29) is 21.9 Å². The van der Waals surface area contributed by atoms with Crippen molar-refractivity contribution < 1.29 is 35.8 Å². The van der Waals surface area contributed by atoms with Gasteiger partial charge in [-0.1, -0.05) is 0 Å². The summed E-state index contributed by atoms with van der Waals surface area (Å²) in [7, 11) is 0. The monoisotopic (exact) mass is 510 g/mol. The van der Waals surface area contributed by atoms with E-state index in [0.717, 1.165) is 24.3 Å². The van der Waals surface area contributed by atoms with Crippen molar-refractivity contribution >= 4 is 11.1 Å². The second kappa shape index (κ2) is 10.4. The first kappa shape index (κ1) is 26.2. The second-order valence-electron chi connectivity index (χ2n) is 6.97. The zero-order chi connectivity index (χ0) is 27.3. The number of hydrogen-bond acceptors (Lipinski definition) is 6. The van der Waals surface area contributed by atoms with Gasteiger partial charge in [-0.15, -0.1) is 0 Å². The zero-order valence-electron chi connectivity index (χ0n) is 18.0. The molecule has 12 heteroatoms. The van der Waals surface area contributed by atoms with Crippen LogP contribution in [-0.2, 0) is 6.18 Å². The van der Waals surface area contributed by atoms with Gasteiger partial charge in [-0.2, -0.15) is 34.2 Å². The number of benzene rings is 3. The van der Waals surface area contributed by atoms with E-state index >= 15 is 0 Å². The van der Waals surface area contributed by atoms with Crippen LogP contribution in [0.2, 0.25) is 0 Å². The molecular weight excluding hydrogens is 502 g/mol. The highest BCUT2D eigenvalue weighted by molar-refractivity contribution is 5.77. The largest absolute Gasteiger partial charge is 0.457 e. The molecule has 0 radical (unpaired) electrons. The number of halogens is 6. The van der Waals surface area contributed by atoms with Gasteiger partial charge in [-0.3, -0.25) is 0 Å². The Balaban J connectivity index is 2.29. The first-order valence-electron chi connectivity index (χ1n) is 9.73. The molecule has 0 amide bonds. The minimum absolute atomic E-state index is 0.165. The molecule has 0 heterocycles. The lowest BCUT2D eigenvalue weighted by Crippen LogP contribution is -2.18. The Morgan fingerprint density at radius 2 is 1.03 bits per heavy atom. The molecule has 0 atom stereocenters. The van der Waals surface area contributed by atoms with Crippen molar-refractivity contribution in [2.75, 3.05) is 0 Å². The number of hydrogen-bond donors (Lipinski definition) is 0. The smallest absolute Gasteiger partial charge is 0.416 e. The van der Waals surface area contributed by atoms with E-state index < -0.39 is 51.8 Å². The lowest BCUT2D eigenvalue weighted by atomic mass is 10.1. The normalized spacial score (nSPS) is 10.3. The van der Waals surface area contributed by atoms with Gasteiger partial charge in [0.1, 0.15) is 58.4 Å². The summed E-state index contributed by atoms with van der Waals surface area (Å²) in [4.78, 5) is 0. The maximum atomic E-state index is 13.7. The quantitative estimate of drug-likeness (QED) is 0.356. The molecule has 0 aromatic heterocycles. The molecule has 0 saturated heterocycles. The molecule has 0 bridgehead atoms. The SMILES string of the molecule is N#CC(C#N)=c1cc(Oc2cc(F)c(F)c(F)c2)c(=C(C#N)C#N)cc1Oc1ccc(C(F)(F)F)cc1. The highest BCUT2D eigenvalue weighted by Gasteiger charge is 2.30. The van der Waals surface area contributed by atoms with Gasteiger partial charge in [0.25, 0.3) is 0 Å². The highest BCUT2D eigenvalue weighted by Crippen LogP contribution is 2.31. The first-order chi connectivity index (χ1) is 17.5. The van der Waals surface area contributed by atoms with Crippen molar-refractivity contribution in [2.45, 2.75) is 6.18 Å². The van der Waals surface area contributed by atoms with Crippen molar-refractivity contribution in [2.24, 2.45) is 0 Å². The molecule has 0 aliphatic carbocycles. The van der Waals surface area contributed by atoms with Gasteiger partial charge < -0.3 is 9.47 Å². The van der Waals surface area contributed by atoms with Gasteiger partial charge in [0.15, 0.2) is 17.5 Å². The third kappa shape index (κ3) is 5.62. The molecule has 6 nitrogen and oxygen atoms in total. The summed E-state index contributed by atoms with van der Waals surface area (Å²) in [5.74, 6) is -6.52. The number of nitrogens with zero attached hydrogens (tertiary/aromatic N) is 4. The Kier molecular flexibility index (Phi) is 7.37. The predicted octanol–water partition coefficient (Wildman–Crippen LogP) is 5.10. The lowest BCUT2D eigenvalue weighted by molar-refractivity contribution is -0.137. The molecule has 0 saturated carbocycles. The molecule has 0 aliphatic heterocycles. The van der Waals surface area contributed by atoms with Gasteiger partial charge in [0.05, 0.1) is 5.56 Å². The summed E-state index contributed by atoms with van der Waals surface area (Å²) >= 11 is 0. The van der Waals surface area contributed by atoms with Crippen LogP contribution in [0.25, 0.3) is 11.1 Å². The minimum Gasteiger partial charge on any atom is -0.457 e. The molecule has 0 aliphatic rings. The predicted molar refractivity (Wildman–Crippen MR) is 113 cm³/mol. The standard InChI is InChI=1S/C25H8F6N4O2/c26-20-5-17(6-21(27)24(20)28)37-23-8-18(13(9-32)10-33)22(7-19(23)14(11-34)12-35)36-16-3-1-15(2-4-16)25(29,30)31/h1-8H. The lowest BCUT2D eigenvalue weighted by Gasteiger charge is -2.13. The van der Waals surface area contributed by atoms with E-state index in [1.54, 1.807) is 24.3 Å². The van der Waals surface area contributed by atoms with E-state index in [1.165, 1.54) is 0 Å². The molecule has 0 N–H and O–H groups in total. The Hall–Kier alpha value is -5.46. The van der Waals surface area contributed by atoms with Crippen LogP contribution in [0.1, 0.15) is 5.56 Å². The molecule has 3 rings (SSSR count). The summed E-state index contributed by atoms with van der Waals surface area (Å²) in [6.45, 7) is 0. The Morgan fingerprint density at radius 1 is 0.622 bits per heavy atom. The number of ether oxygens (including phenoxy) is 2. The molecule has 37 heavy (non-hydrogen) atoms. The number of nitriles is 4. The molecule has 3 aromatic carbocycles. The van der Waals surface area contributed by atoms with Gasteiger partial charge in [-0.25, -0.2) is 13.2 Å². The molecule has 0 unspecified atom stereocenters. The second-order valence-corrected chi connectivity index (χ2v) is 6.97. The molecular formula is C25H8F6N4O2. The van der Waals surface area contributed by atoms with Crippen molar-refractivity contribution in [3.63, 3.8) is 0 Å². The van der Waals surface area contributed by atoms with Crippen LogP contribution in [0, 0.1) is 62.8 Å². The van der Waals surface area contributed by atoms with Gasteiger partial charge in [0, 0.05) is 22.6 Å². The average Bonchev–Trinajstić information content (AvgIpc) is 2.85. The summed E-state index contributed by atoms with van der Waals surface area (Å²) in [5, 5.41) is 36.8. The van der Waals surface area contributed by atoms with Crippen molar-refractivity contribution in [3.05, 3.63) is 82.0 Å². The summed E-state index contributed by atoms with van der Waals surface area (Å²) in [5.41, 5.74) is -2.16. The zero-order valence-corrected chi connectivity index (χ0v) is 18.0. The fourth-order valence-corrected chi connectivity index (χ4v) is 2.97. The van der Waals surface area contributed by atoms with Crippen molar-refractivity contribution in [3.8, 4) is 47.3 Å². The number of rotatable bonds is 4. The van der Waals surface area contributed by atoms with Crippen LogP contribution in [0.3, 0.4) is 0 Å². The molecule has 0 fully saturated rings. The van der Waals surface area contributed by atoms with Crippen molar-refractivity contribution in [1.82, 2.24) is 0 Å². The third-order valence-corrected chi connectivity index (χ3v) is 4.66. The average molecular weight is 510 g/mol. The molecule has 182 valence electrons. The summed E-state index contributed by atoms with van der Waals surface area (Å²) in [6.07, 6.45) is -4.62. The van der Waals surface area contributed by atoms with Crippen LogP contribution in [-0.4, -0.2) is 0 Å². The van der Waals surface area contributed by atoms with E-state index in [9.17, 15) is 47.4 Å². The maximum absolute atomic E-state index is 13.7. The summed E-state index contributed by atoms with van der Waals surface area (Å²) in [6, 6.07) is 12.5. The van der Waals surface area contributed by atoms with Gasteiger partial charge in [-0.05, 0) is 36.4 Å². The number of alkyl halides is 3. The van der Waals surface area contributed by atoms with Gasteiger partial charge in [0.2, 0.25) is 0 Å². The van der Waals surface area contributed by atoms with E-state index in [1.807, 2.05) is 0 Å². The van der Waals surface area contributed by atoms with Crippen LogP contribution >= 0.6 is 0 Å². The van der Waals surface area contributed by atoms with Crippen LogP contribution < -0.4 is 19.9 Å². The third-order valence-electron chi connectivity index (χ3n) is 4.66. The molecule has 0 spiro atoms. The Bertz CT molecular complexity index is 1630. The van der Waals surface area contributed by atoms with E-state index in [2.05, 4.69) is 0 Å². The minimum atomic E-state index is -4.62. The summed E-state index contributed by atoms with van der Waals surface area (Å²) < 4.78 is 90.2. The topological polar surface area (TPSA) is 114 Å². The van der Waals surface area contributed by atoms with Crippen LogP contribution in [0.15, 0.2) is 48.5 Å². The van der Waals surface area contributed by atoms with Gasteiger partial charge >= 0.3 is 6.18 Å². The Labute approximate surface area is 204 Å². The maximum Gasteiger partial charge on any atom is 0.416 e. The Morgan fingerprint density at radius 3 is 1.41 bits per heavy atom. The highest BCUT2D eigenvalue weighted by atomic mass is 19.4. The fourth-order valence-electron chi connectivity index (χ4n) is 2.97. The molecule has 3 aromatic rings. The van der Waals surface area contributed by atoms with E-state index in [4.69, 9.17) is 9.47 Å². The van der Waals surface area contributed by atoms with E-state index in [0.29, 0.717) is 24.3 Å².